The first-order valence-electron chi connectivity index (χ1n) is 9.58. The smallest absolute Gasteiger partial charge is 0.234 e. The maximum absolute atomic E-state index is 12.4. The van der Waals surface area contributed by atoms with Gasteiger partial charge in [0.05, 0.1) is 12.9 Å². The Labute approximate surface area is 180 Å². The summed E-state index contributed by atoms with van der Waals surface area (Å²) in [5.41, 5.74) is 2.95. The van der Waals surface area contributed by atoms with Crippen LogP contribution in [0.2, 0.25) is 0 Å². The van der Waals surface area contributed by atoms with Crippen molar-refractivity contribution in [3.63, 3.8) is 0 Å². The molecular formula is C22H26N4O3S. The molecule has 0 aliphatic rings. The summed E-state index contributed by atoms with van der Waals surface area (Å²) in [4.78, 5) is 12.4. The summed E-state index contributed by atoms with van der Waals surface area (Å²) in [5, 5.41) is 12.1. The van der Waals surface area contributed by atoms with Crippen LogP contribution < -0.4 is 14.8 Å². The number of rotatable bonds is 8. The van der Waals surface area contributed by atoms with E-state index in [1.807, 2.05) is 74.9 Å². The number of benzene rings is 2. The Morgan fingerprint density at radius 2 is 1.73 bits per heavy atom. The van der Waals surface area contributed by atoms with Crippen molar-refractivity contribution >= 4 is 23.4 Å². The SMILES string of the molecule is COc1ccc(OC(C)c2nnc(SCC(=O)Nc3c(C)cccc3C)n2C)cc1. The molecule has 30 heavy (non-hydrogen) atoms. The highest BCUT2D eigenvalue weighted by Gasteiger charge is 2.18. The van der Waals surface area contributed by atoms with E-state index >= 15 is 0 Å². The number of para-hydroxylation sites is 1. The molecule has 1 atom stereocenters. The van der Waals surface area contributed by atoms with Crippen LogP contribution in [0.25, 0.3) is 0 Å². The molecule has 3 rings (SSSR count). The molecular weight excluding hydrogens is 400 g/mol. The summed E-state index contributed by atoms with van der Waals surface area (Å²) in [6.07, 6.45) is -0.298. The van der Waals surface area contributed by atoms with Gasteiger partial charge in [-0.05, 0) is 56.2 Å². The number of aromatic nitrogens is 3. The van der Waals surface area contributed by atoms with Gasteiger partial charge in [-0.25, -0.2) is 0 Å². The molecule has 1 heterocycles. The van der Waals surface area contributed by atoms with Crippen LogP contribution in [0.1, 0.15) is 30.0 Å². The monoisotopic (exact) mass is 426 g/mol. The summed E-state index contributed by atoms with van der Waals surface area (Å²) in [6.45, 7) is 5.88. The van der Waals surface area contributed by atoms with E-state index < -0.39 is 0 Å². The van der Waals surface area contributed by atoms with Crippen molar-refractivity contribution in [3.8, 4) is 11.5 Å². The number of aryl methyl sites for hydroxylation is 2. The number of amides is 1. The fourth-order valence-corrected chi connectivity index (χ4v) is 3.75. The maximum atomic E-state index is 12.4. The number of anilines is 1. The highest BCUT2D eigenvalue weighted by atomic mass is 32.2. The Balaban J connectivity index is 1.59. The number of hydrogen-bond acceptors (Lipinski definition) is 6. The number of thioether (sulfide) groups is 1. The number of methoxy groups -OCH3 is 1. The zero-order chi connectivity index (χ0) is 21.7. The normalized spacial score (nSPS) is 11.8. The molecule has 0 saturated carbocycles. The van der Waals surface area contributed by atoms with Gasteiger partial charge in [0.15, 0.2) is 17.1 Å². The number of carbonyl (C=O) groups is 1. The second-order valence-corrected chi connectivity index (χ2v) is 7.88. The van der Waals surface area contributed by atoms with E-state index in [0.717, 1.165) is 22.6 Å². The highest BCUT2D eigenvalue weighted by Crippen LogP contribution is 2.25. The van der Waals surface area contributed by atoms with Gasteiger partial charge in [-0.1, -0.05) is 30.0 Å². The average molecular weight is 427 g/mol. The van der Waals surface area contributed by atoms with Crippen LogP contribution in [0.15, 0.2) is 47.6 Å². The first kappa shape index (κ1) is 21.7. The average Bonchev–Trinajstić information content (AvgIpc) is 3.10. The predicted molar refractivity (Wildman–Crippen MR) is 118 cm³/mol. The first-order chi connectivity index (χ1) is 14.4. The zero-order valence-electron chi connectivity index (χ0n) is 17.8. The lowest BCUT2D eigenvalue weighted by atomic mass is 10.1. The van der Waals surface area contributed by atoms with Crippen LogP contribution in [0.4, 0.5) is 5.69 Å². The van der Waals surface area contributed by atoms with Crippen LogP contribution in [0.5, 0.6) is 11.5 Å². The van der Waals surface area contributed by atoms with Crippen LogP contribution >= 0.6 is 11.8 Å². The fourth-order valence-electron chi connectivity index (χ4n) is 3.03. The van der Waals surface area contributed by atoms with E-state index in [4.69, 9.17) is 9.47 Å². The number of carbonyl (C=O) groups excluding carboxylic acids is 1. The summed E-state index contributed by atoms with van der Waals surface area (Å²) in [5.74, 6) is 2.33. The largest absolute Gasteiger partial charge is 0.497 e. The molecule has 0 spiro atoms. The van der Waals surface area contributed by atoms with E-state index in [1.165, 1.54) is 11.8 Å². The van der Waals surface area contributed by atoms with Gasteiger partial charge in [0.1, 0.15) is 11.5 Å². The lowest BCUT2D eigenvalue weighted by molar-refractivity contribution is -0.113. The van der Waals surface area contributed by atoms with E-state index in [2.05, 4.69) is 15.5 Å². The van der Waals surface area contributed by atoms with Crippen LogP contribution in [-0.2, 0) is 11.8 Å². The lowest BCUT2D eigenvalue weighted by Crippen LogP contribution is -2.16. The van der Waals surface area contributed by atoms with Crippen molar-refractivity contribution in [3.05, 3.63) is 59.4 Å². The molecule has 1 amide bonds. The van der Waals surface area contributed by atoms with Crippen molar-refractivity contribution in [2.45, 2.75) is 32.0 Å². The van der Waals surface area contributed by atoms with Gasteiger partial charge in [-0.3, -0.25) is 4.79 Å². The molecule has 0 aliphatic heterocycles. The van der Waals surface area contributed by atoms with Gasteiger partial charge >= 0.3 is 0 Å². The van der Waals surface area contributed by atoms with Crippen LogP contribution in [-0.4, -0.2) is 33.5 Å². The molecule has 3 aromatic rings. The van der Waals surface area contributed by atoms with Gasteiger partial charge in [-0.15, -0.1) is 10.2 Å². The zero-order valence-corrected chi connectivity index (χ0v) is 18.6. The molecule has 1 unspecified atom stereocenters. The van der Waals surface area contributed by atoms with Crippen molar-refractivity contribution in [2.24, 2.45) is 7.05 Å². The van der Waals surface area contributed by atoms with Gasteiger partial charge in [0, 0.05) is 12.7 Å². The molecule has 8 heteroatoms. The van der Waals surface area contributed by atoms with Crippen LogP contribution in [0, 0.1) is 13.8 Å². The minimum absolute atomic E-state index is 0.0792. The number of nitrogens with one attached hydrogen (secondary N) is 1. The molecule has 0 bridgehead atoms. The second kappa shape index (κ2) is 9.67. The lowest BCUT2D eigenvalue weighted by Gasteiger charge is -2.14. The molecule has 0 fully saturated rings. The molecule has 158 valence electrons. The maximum Gasteiger partial charge on any atom is 0.234 e. The van der Waals surface area contributed by atoms with Gasteiger partial charge in [0.25, 0.3) is 0 Å². The predicted octanol–water partition coefficient (Wildman–Crippen LogP) is 4.31. The Kier molecular flexibility index (Phi) is 6.99. The van der Waals surface area contributed by atoms with Gasteiger partial charge in [0.2, 0.25) is 5.91 Å². The van der Waals surface area contributed by atoms with Crippen molar-refractivity contribution in [2.75, 3.05) is 18.2 Å². The van der Waals surface area contributed by atoms with E-state index in [0.29, 0.717) is 16.7 Å². The third-order valence-electron chi connectivity index (χ3n) is 4.68. The fraction of sp³-hybridized carbons (Fsp3) is 0.318. The topological polar surface area (TPSA) is 78.3 Å². The highest BCUT2D eigenvalue weighted by molar-refractivity contribution is 7.99. The number of nitrogens with zero attached hydrogens (tertiary/aromatic N) is 3. The summed E-state index contributed by atoms with van der Waals surface area (Å²) in [6, 6.07) is 13.3. The molecule has 2 aromatic carbocycles. The second-order valence-electron chi connectivity index (χ2n) is 6.94. The third-order valence-corrected chi connectivity index (χ3v) is 5.70. The van der Waals surface area contributed by atoms with Crippen molar-refractivity contribution < 1.29 is 14.3 Å². The Hall–Kier alpha value is -3.00. The van der Waals surface area contributed by atoms with Gasteiger partial charge < -0.3 is 19.4 Å². The molecule has 1 N–H and O–H groups in total. The van der Waals surface area contributed by atoms with E-state index in [-0.39, 0.29) is 17.8 Å². The molecule has 0 aliphatic carbocycles. The molecule has 0 radical (unpaired) electrons. The van der Waals surface area contributed by atoms with Crippen molar-refractivity contribution in [1.82, 2.24) is 14.8 Å². The third kappa shape index (κ3) is 5.13. The number of ether oxygens (including phenoxy) is 2. The van der Waals surface area contributed by atoms with E-state index in [9.17, 15) is 4.79 Å². The van der Waals surface area contributed by atoms with Crippen molar-refractivity contribution in [1.29, 1.82) is 0 Å². The standard InChI is InChI=1S/C22H26N4O3S/c1-14-7-6-8-15(2)20(14)23-19(27)13-30-22-25-24-21(26(22)4)16(3)29-18-11-9-17(28-5)10-12-18/h6-12,16H,13H2,1-5H3,(H,23,27). The Morgan fingerprint density at radius 3 is 2.37 bits per heavy atom. The molecule has 7 nitrogen and oxygen atoms in total. The minimum atomic E-state index is -0.298. The Bertz CT molecular complexity index is 997. The quantitative estimate of drug-likeness (QED) is 0.541. The summed E-state index contributed by atoms with van der Waals surface area (Å²) < 4.78 is 13.0. The van der Waals surface area contributed by atoms with Crippen LogP contribution in [0.3, 0.4) is 0 Å². The first-order valence-corrected chi connectivity index (χ1v) is 10.6. The minimum Gasteiger partial charge on any atom is -0.497 e. The molecule has 1 aromatic heterocycles. The number of hydrogen-bond donors (Lipinski definition) is 1. The van der Waals surface area contributed by atoms with Gasteiger partial charge in [-0.2, -0.15) is 0 Å². The Morgan fingerprint density at radius 1 is 1.10 bits per heavy atom. The summed E-state index contributed by atoms with van der Waals surface area (Å²) in [7, 11) is 3.49. The summed E-state index contributed by atoms with van der Waals surface area (Å²) >= 11 is 1.34. The molecule has 0 saturated heterocycles. The van der Waals surface area contributed by atoms with E-state index in [1.54, 1.807) is 7.11 Å².